The Balaban J connectivity index is 0.939. The number of H-pyrrole nitrogens is 1. The number of hydrogen-bond acceptors (Lipinski definition) is 13. The molecule has 0 saturated carbocycles. The van der Waals surface area contributed by atoms with Gasteiger partial charge in [-0.15, -0.1) is 0 Å². The molecule has 0 bridgehead atoms. The van der Waals surface area contributed by atoms with Gasteiger partial charge in [0.15, 0.2) is 11.4 Å². The van der Waals surface area contributed by atoms with E-state index in [1.165, 1.54) is 18.5 Å². The van der Waals surface area contributed by atoms with Crippen molar-refractivity contribution in [1.29, 1.82) is 0 Å². The predicted molar refractivity (Wildman–Crippen MR) is 294 cm³/mol. The second-order valence-corrected chi connectivity index (χ2v) is 19.6. The van der Waals surface area contributed by atoms with E-state index in [1.807, 2.05) is 99.8 Å². The average molecular weight is 1070 g/mol. The number of imidazole rings is 1. The Morgan fingerprint density at radius 3 is 2.33 bits per heavy atom. The maximum Gasteiger partial charge on any atom is 0.410 e. The highest BCUT2D eigenvalue weighted by Gasteiger charge is 2.30. The maximum absolute atomic E-state index is 14.4. The van der Waals surface area contributed by atoms with Crippen LogP contribution in [0.25, 0.3) is 39.5 Å². The highest BCUT2D eigenvalue weighted by molar-refractivity contribution is 6.12. The summed E-state index contributed by atoms with van der Waals surface area (Å²) < 4.78 is 7.69. The van der Waals surface area contributed by atoms with Crippen molar-refractivity contribution in [3.05, 3.63) is 151 Å². The molecule has 6 N–H and O–H groups in total. The second-order valence-electron chi connectivity index (χ2n) is 19.6. The number of ether oxygens (including phenoxy) is 1. The van der Waals surface area contributed by atoms with Gasteiger partial charge in [-0.1, -0.05) is 68.8 Å². The molecule has 6 heterocycles. The van der Waals surface area contributed by atoms with Crippen molar-refractivity contribution in [1.82, 2.24) is 55.0 Å². The number of aromatic nitrogens is 7. The number of nitrogens with zero attached hydrogens (tertiary/aromatic N) is 8. The smallest absolute Gasteiger partial charge is 0.410 e. The molecule has 5 aromatic heterocycles. The van der Waals surface area contributed by atoms with Gasteiger partial charge in [0.1, 0.15) is 18.8 Å². The number of anilines is 1. The minimum atomic E-state index is -0.863. The van der Waals surface area contributed by atoms with Crippen LogP contribution in [-0.4, -0.2) is 105 Å². The summed E-state index contributed by atoms with van der Waals surface area (Å²) in [6.45, 7) is 6.01. The molecule has 0 saturated heterocycles. The van der Waals surface area contributed by atoms with Gasteiger partial charge in [0.25, 0.3) is 11.8 Å². The number of hydrogen-bond donors (Lipinski definition) is 5. The molecule has 0 fully saturated rings. The molecule has 408 valence electrons. The summed E-state index contributed by atoms with van der Waals surface area (Å²) in [6.07, 6.45) is 9.02. The molecule has 2 atom stereocenters. The van der Waals surface area contributed by atoms with Crippen molar-refractivity contribution in [2.75, 3.05) is 18.4 Å². The molecule has 0 aliphatic carbocycles. The number of nitrogens with one attached hydrogen (secondary N) is 4. The number of urea groups is 1. The van der Waals surface area contributed by atoms with Gasteiger partial charge in [-0.25, -0.2) is 24.1 Å². The first-order valence-electron chi connectivity index (χ1n) is 26.2. The number of pyridine rings is 3. The Morgan fingerprint density at radius 1 is 0.810 bits per heavy atom. The lowest BCUT2D eigenvalue weighted by molar-refractivity contribution is -0.137. The first-order chi connectivity index (χ1) is 38.2. The van der Waals surface area contributed by atoms with Gasteiger partial charge in [-0.3, -0.25) is 43.7 Å². The third-order valence-corrected chi connectivity index (χ3v) is 13.3. The Bertz CT molecular complexity index is 3320. The van der Waals surface area contributed by atoms with Gasteiger partial charge < -0.3 is 31.4 Å². The lowest BCUT2D eigenvalue weighted by atomic mass is 9.89. The Hall–Kier alpha value is -9.40. The summed E-state index contributed by atoms with van der Waals surface area (Å²) in [6, 6.07) is 28.1. The van der Waals surface area contributed by atoms with Crippen LogP contribution in [0.5, 0.6) is 0 Å². The van der Waals surface area contributed by atoms with Crippen molar-refractivity contribution in [3.8, 4) is 33.9 Å². The van der Waals surface area contributed by atoms with Crippen LogP contribution < -0.4 is 21.7 Å². The average Bonchev–Trinajstić information content (AvgIpc) is 4.34. The minimum absolute atomic E-state index is 0.0183. The molecular weight excluding hydrogens is 1010 g/mol. The molecular formula is C58H63N13O8. The number of rotatable bonds is 26. The van der Waals surface area contributed by atoms with Gasteiger partial charge in [0.05, 0.1) is 41.9 Å². The number of amides is 7. The number of carbonyl (C=O) groups is 7. The monoisotopic (exact) mass is 1070 g/mol. The van der Waals surface area contributed by atoms with Crippen molar-refractivity contribution in [3.63, 3.8) is 0 Å². The molecule has 79 heavy (non-hydrogen) atoms. The lowest BCUT2D eigenvalue weighted by Crippen LogP contribution is -2.45. The van der Waals surface area contributed by atoms with E-state index in [4.69, 9.17) is 20.4 Å². The van der Waals surface area contributed by atoms with Crippen LogP contribution in [-0.2, 0) is 48.4 Å². The molecule has 21 heteroatoms. The van der Waals surface area contributed by atoms with Crippen molar-refractivity contribution in [2.45, 2.75) is 91.5 Å². The molecule has 21 nitrogen and oxygen atoms in total. The standard InChI is InChI=1S/C58H63N13O8/c1-37(2)53(68-50(73)19-5-4-10-30-70-51(74)26-27-52(70)75)47(72)31-40(15-12-29-61-57(59)77)56(76)65-43-23-20-39(21-24-43)35-79-58(78)69(32-41-14-6-7-16-44(41)45-17-8-9-28-60-45)34-48-66-54(42-22-25-49-62-36-63-71(49)33-42)55(67-48)46-18-11-13-38(3)64-46/h6-9,11,13-14,16-18,20-28,33,36-37,40,53H,4-5,10,12,15,19,29-32,34-35H2,1-3H3,(H,65,76)(H,66,67)(H,68,73)(H3,59,61,77)/t40-,53+/m1/s1. The second kappa shape index (κ2) is 26.6. The lowest BCUT2D eigenvalue weighted by Gasteiger charge is -2.24. The van der Waals surface area contributed by atoms with Crippen molar-refractivity contribution in [2.24, 2.45) is 17.6 Å². The number of Topliss-reactive ketones (excluding diaryl/α,β-unsaturated/α-hetero) is 1. The number of imide groups is 1. The van der Waals surface area contributed by atoms with Gasteiger partial charge in [-0.2, -0.15) is 5.10 Å². The molecule has 0 spiro atoms. The summed E-state index contributed by atoms with van der Waals surface area (Å²) in [5, 5.41) is 12.6. The number of nitrogens with two attached hydrogens (primary N) is 1. The van der Waals surface area contributed by atoms with Gasteiger partial charge in [0.2, 0.25) is 11.8 Å². The number of aromatic amines is 1. The van der Waals surface area contributed by atoms with E-state index in [1.54, 1.807) is 39.9 Å². The van der Waals surface area contributed by atoms with E-state index in [-0.39, 0.29) is 81.5 Å². The molecule has 2 aromatic carbocycles. The maximum atomic E-state index is 14.4. The quantitative estimate of drug-likeness (QED) is 0.0260. The summed E-state index contributed by atoms with van der Waals surface area (Å²) in [7, 11) is 0. The number of benzene rings is 2. The summed E-state index contributed by atoms with van der Waals surface area (Å²) >= 11 is 0. The number of unbranched alkanes of at least 4 members (excludes halogenated alkanes) is 2. The summed E-state index contributed by atoms with van der Waals surface area (Å²) in [5.41, 5.74) is 12.9. The highest BCUT2D eigenvalue weighted by atomic mass is 16.6. The zero-order valence-corrected chi connectivity index (χ0v) is 44.3. The van der Waals surface area contributed by atoms with Crippen LogP contribution in [0.15, 0.2) is 128 Å². The Morgan fingerprint density at radius 2 is 1.58 bits per heavy atom. The Kier molecular flexibility index (Phi) is 18.8. The molecule has 0 radical (unpaired) electrons. The first-order valence-corrected chi connectivity index (χ1v) is 26.2. The van der Waals surface area contributed by atoms with Crippen LogP contribution in [0.3, 0.4) is 0 Å². The van der Waals surface area contributed by atoms with E-state index in [2.05, 4.69) is 36.0 Å². The third kappa shape index (κ3) is 15.2. The molecule has 1 aliphatic heterocycles. The number of aryl methyl sites for hydroxylation is 1. The first kappa shape index (κ1) is 55.8. The largest absolute Gasteiger partial charge is 0.445 e. The fraction of sp³-hybridized carbons (Fsp3) is 0.310. The van der Waals surface area contributed by atoms with E-state index in [0.717, 1.165) is 33.0 Å². The SMILES string of the molecule is Cc1cccc(-c2[nH]c(CN(Cc3ccccc3-c3ccccn3)C(=O)OCc3ccc(NC(=O)[C@H](CCCNC(N)=O)CC(=O)[C@@H](NC(=O)CCCCCN4C(=O)C=CC4=O)C(C)C)cc3)nc2-c2ccc3ncnn3c2)n1. The minimum Gasteiger partial charge on any atom is -0.445 e. The van der Waals surface area contributed by atoms with E-state index < -0.39 is 30.0 Å². The van der Waals surface area contributed by atoms with Gasteiger partial charge in [0, 0.05) is 78.9 Å². The molecule has 8 rings (SSSR count). The van der Waals surface area contributed by atoms with Crippen LogP contribution >= 0.6 is 0 Å². The highest BCUT2D eigenvalue weighted by Crippen LogP contribution is 2.31. The van der Waals surface area contributed by atoms with E-state index in [0.29, 0.717) is 65.5 Å². The van der Waals surface area contributed by atoms with Crippen LogP contribution in [0, 0.1) is 18.8 Å². The number of primary amides is 1. The zero-order valence-electron chi connectivity index (χ0n) is 44.3. The number of ketones is 1. The van der Waals surface area contributed by atoms with Crippen molar-refractivity contribution >= 4 is 52.9 Å². The Labute approximate surface area is 456 Å². The third-order valence-electron chi connectivity index (χ3n) is 13.3. The predicted octanol–water partition coefficient (Wildman–Crippen LogP) is 7.48. The zero-order chi connectivity index (χ0) is 55.8. The van der Waals surface area contributed by atoms with E-state index in [9.17, 15) is 33.6 Å². The van der Waals surface area contributed by atoms with Crippen LogP contribution in [0.1, 0.15) is 81.4 Å². The van der Waals surface area contributed by atoms with Crippen LogP contribution in [0.4, 0.5) is 15.3 Å². The summed E-state index contributed by atoms with van der Waals surface area (Å²) in [5.74, 6) is -2.42. The fourth-order valence-corrected chi connectivity index (χ4v) is 9.20. The van der Waals surface area contributed by atoms with Gasteiger partial charge in [-0.05, 0) is 98.2 Å². The molecule has 7 amide bonds. The van der Waals surface area contributed by atoms with Gasteiger partial charge >= 0.3 is 12.1 Å². The molecule has 7 aromatic rings. The van der Waals surface area contributed by atoms with E-state index >= 15 is 0 Å². The number of fused-ring (bicyclic) bond motifs is 1. The molecule has 1 aliphatic rings. The van der Waals surface area contributed by atoms with Crippen molar-refractivity contribution < 1.29 is 38.3 Å². The molecule has 0 unspecified atom stereocenters. The summed E-state index contributed by atoms with van der Waals surface area (Å²) in [4.78, 5) is 115. The topological polar surface area (TPSA) is 282 Å². The fourth-order valence-electron chi connectivity index (χ4n) is 9.20. The van der Waals surface area contributed by atoms with Crippen LogP contribution in [0.2, 0.25) is 0 Å². The normalized spacial score (nSPS) is 12.9. The number of carbonyl (C=O) groups excluding carboxylic acids is 7.